The van der Waals surface area contributed by atoms with Gasteiger partial charge in [-0.25, -0.2) is 0 Å². The largest absolute Gasteiger partial charge is 0.504 e. The lowest BCUT2D eigenvalue weighted by molar-refractivity contribution is 0.201. The predicted octanol–water partition coefficient (Wildman–Crippen LogP) is 3.17. The van der Waals surface area contributed by atoms with Crippen LogP contribution >= 0.6 is 0 Å². The van der Waals surface area contributed by atoms with Gasteiger partial charge in [-0.2, -0.15) is 0 Å². The number of ether oxygens (including phenoxy) is 1. The van der Waals surface area contributed by atoms with Crippen LogP contribution in [0.3, 0.4) is 0 Å². The fraction of sp³-hybridized carbons (Fsp3) is 0.600. The first-order chi connectivity index (χ1) is 8.74. The summed E-state index contributed by atoms with van der Waals surface area (Å²) in [6.45, 7) is 2.76. The second-order valence-corrected chi connectivity index (χ2v) is 5.09. The third-order valence-corrected chi connectivity index (χ3v) is 3.83. The van der Waals surface area contributed by atoms with E-state index in [2.05, 4.69) is 6.92 Å². The molecule has 0 heterocycles. The molecule has 1 aromatic rings. The number of phenolic OH excluding ortho intramolecular Hbond substituents is 1. The van der Waals surface area contributed by atoms with E-state index in [4.69, 9.17) is 10.5 Å². The molecule has 0 amide bonds. The summed E-state index contributed by atoms with van der Waals surface area (Å²) in [7, 11) is 0. The molecule has 0 bridgehead atoms. The Morgan fingerprint density at radius 3 is 2.72 bits per heavy atom. The van der Waals surface area contributed by atoms with E-state index in [1.54, 1.807) is 6.07 Å². The summed E-state index contributed by atoms with van der Waals surface area (Å²) in [5, 5.41) is 9.87. The van der Waals surface area contributed by atoms with Crippen molar-refractivity contribution in [1.29, 1.82) is 0 Å². The summed E-state index contributed by atoms with van der Waals surface area (Å²) in [6.07, 6.45) is 5.92. The standard InChI is InChI=1S/C15H23NO2/c1-2-11(10-16)12-7-8-14(17)15(9-12)18-13-5-3-4-6-13/h7-9,11,13,17H,2-6,10,16H2,1H3. The molecule has 1 atom stereocenters. The first-order valence-corrected chi connectivity index (χ1v) is 6.94. The Bertz CT molecular complexity index is 382. The first kappa shape index (κ1) is 13.2. The van der Waals surface area contributed by atoms with E-state index < -0.39 is 0 Å². The lowest BCUT2D eigenvalue weighted by Crippen LogP contribution is -2.13. The molecule has 1 aliphatic rings. The van der Waals surface area contributed by atoms with Crippen molar-refractivity contribution in [2.45, 2.75) is 51.0 Å². The zero-order chi connectivity index (χ0) is 13.0. The minimum atomic E-state index is 0.234. The molecule has 3 nitrogen and oxygen atoms in total. The maximum atomic E-state index is 9.87. The molecule has 100 valence electrons. The van der Waals surface area contributed by atoms with Crippen LogP contribution in [0.1, 0.15) is 50.5 Å². The number of hydrogen-bond acceptors (Lipinski definition) is 3. The highest BCUT2D eigenvalue weighted by molar-refractivity contribution is 5.43. The molecule has 1 fully saturated rings. The van der Waals surface area contributed by atoms with E-state index in [-0.39, 0.29) is 11.9 Å². The minimum Gasteiger partial charge on any atom is -0.504 e. The highest BCUT2D eigenvalue weighted by Crippen LogP contribution is 2.33. The van der Waals surface area contributed by atoms with Crippen molar-refractivity contribution in [2.24, 2.45) is 5.73 Å². The van der Waals surface area contributed by atoms with Crippen LogP contribution in [0.25, 0.3) is 0 Å². The highest BCUT2D eigenvalue weighted by Gasteiger charge is 2.19. The van der Waals surface area contributed by atoms with Gasteiger partial charge in [-0.15, -0.1) is 0 Å². The maximum absolute atomic E-state index is 9.87. The highest BCUT2D eigenvalue weighted by atomic mass is 16.5. The van der Waals surface area contributed by atoms with Crippen molar-refractivity contribution in [1.82, 2.24) is 0 Å². The Balaban J connectivity index is 2.15. The molecule has 1 unspecified atom stereocenters. The van der Waals surface area contributed by atoms with E-state index in [0.29, 0.717) is 18.2 Å². The van der Waals surface area contributed by atoms with Gasteiger partial charge in [-0.1, -0.05) is 13.0 Å². The molecule has 0 aliphatic heterocycles. The van der Waals surface area contributed by atoms with Gasteiger partial charge >= 0.3 is 0 Å². The van der Waals surface area contributed by atoms with Crippen molar-refractivity contribution in [3.63, 3.8) is 0 Å². The van der Waals surface area contributed by atoms with Crippen molar-refractivity contribution < 1.29 is 9.84 Å². The summed E-state index contributed by atoms with van der Waals surface area (Å²) in [5.74, 6) is 1.19. The molecule has 3 N–H and O–H groups in total. The Labute approximate surface area is 109 Å². The Kier molecular flexibility index (Phi) is 4.48. The molecule has 0 saturated heterocycles. The third-order valence-electron chi connectivity index (χ3n) is 3.83. The summed E-state index contributed by atoms with van der Waals surface area (Å²) in [4.78, 5) is 0. The number of benzene rings is 1. The van der Waals surface area contributed by atoms with Gasteiger partial charge in [0.2, 0.25) is 0 Å². The number of aromatic hydroxyl groups is 1. The third kappa shape index (κ3) is 2.96. The lowest BCUT2D eigenvalue weighted by Gasteiger charge is -2.18. The Morgan fingerprint density at radius 1 is 1.39 bits per heavy atom. The van der Waals surface area contributed by atoms with Crippen molar-refractivity contribution in [3.05, 3.63) is 23.8 Å². The topological polar surface area (TPSA) is 55.5 Å². The van der Waals surface area contributed by atoms with Crippen LogP contribution in [-0.4, -0.2) is 17.8 Å². The van der Waals surface area contributed by atoms with Gasteiger partial charge in [0.15, 0.2) is 11.5 Å². The van der Waals surface area contributed by atoms with Crippen LogP contribution in [-0.2, 0) is 0 Å². The Hall–Kier alpha value is -1.22. The van der Waals surface area contributed by atoms with Crippen LogP contribution in [0, 0.1) is 0 Å². The number of nitrogens with two attached hydrogens (primary N) is 1. The summed E-state index contributed by atoms with van der Waals surface area (Å²) in [6, 6.07) is 5.62. The van der Waals surface area contributed by atoms with E-state index in [1.165, 1.54) is 12.8 Å². The summed E-state index contributed by atoms with van der Waals surface area (Å²) < 4.78 is 5.90. The smallest absolute Gasteiger partial charge is 0.161 e. The SMILES string of the molecule is CCC(CN)c1ccc(O)c(OC2CCCC2)c1. The molecular weight excluding hydrogens is 226 g/mol. The summed E-state index contributed by atoms with van der Waals surface area (Å²) in [5.41, 5.74) is 6.92. The van der Waals surface area contributed by atoms with Crippen LogP contribution in [0.15, 0.2) is 18.2 Å². The van der Waals surface area contributed by atoms with Crippen LogP contribution < -0.4 is 10.5 Å². The number of rotatable bonds is 5. The molecule has 18 heavy (non-hydrogen) atoms. The molecule has 1 aromatic carbocycles. The van der Waals surface area contributed by atoms with E-state index in [0.717, 1.165) is 24.8 Å². The van der Waals surface area contributed by atoms with E-state index in [9.17, 15) is 5.11 Å². The molecule has 0 radical (unpaired) electrons. The van der Waals surface area contributed by atoms with Gasteiger partial charge in [-0.05, 0) is 62.3 Å². The monoisotopic (exact) mass is 249 g/mol. The normalized spacial score (nSPS) is 17.9. The van der Waals surface area contributed by atoms with Gasteiger partial charge < -0.3 is 15.6 Å². The molecule has 0 aromatic heterocycles. The lowest BCUT2D eigenvalue weighted by atomic mass is 9.96. The number of hydrogen-bond donors (Lipinski definition) is 2. The van der Waals surface area contributed by atoms with Gasteiger partial charge in [0.25, 0.3) is 0 Å². The molecular formula is C15H23NO2. The quantitative estimate of drug-likeness (QED) is 0.842. The zero-order valence-electron chi connectivity index (χ0n) is 11.1. The molecule has 2 rings (SSSR count). The van der Waals surface area contributed by atoms with Crippen molar-refractivity contribution in [2.75, 3.05) is 6.54 Å². The van der Waals surface area contributed by atoms with Gasteiger partial charge in [0, 0.05) is 0 Å². The molecule has 1 saturated carbocycles. The van der Waals surface area contributed by atoms with Gasteiger partial charge in [-0.3, -0.25) is 0 Å². The van der Waals surface area contributed by atoms with Crippen LogP contribution in [0.4, 0.5) is 0 Å². The maximum Gasteiger partial charge on any atom is 0.161 e. The average molecular weight is 249 g/mol. The minimum absolute atomic E-state index is 0.234. The summed E-state index contributed by atoms with van der Waals surface area (Å²) >= 11 is 0. The van der Waals surface area contributed by atoms with Crippen LogP contribution in [0.2, 0.25) is 0 Å². The predicted molar refractivity (Wildman–Crippen MR) is 73.1 cm³/mol. The van der Waals surface area contributed by atoms with E-state index >= 15 is 0 Å². The van der Waals surface area contributed by atoms with Crippen molar-refractivity contribution in [3.8, 4) is 11.5 Å². The van der Waals surface area contributed by atoms with Gasteiger partial charge in [0.1, 0.15) is 0 Å². The van der Waals surface area contributed by atoms with Gasteiger partial charge in [0.05, 0.1) is 6.10 Å². The average Bonchev–Trinajstić information content (AvgIpc) is 2.87. The van der Waals surface area contributed by atoms with Crippen LogP contribution in [0.5, 0.6) is 11.5 Å². The number of phenols is 1. The second-order valence-electron chi connectivity index (χ2n) is 5.09. The second kappa shape index (κ2) is 6.10. The molecule has 3 heteroatoms. The molecule has 0 spiro atoms. The van der Waals surface area contributed by atoms with Crippen molar-refractivity contribution >= 4 is 0 Å². The fourth-order valence-corrected chi connectivity index (χ4v) is 2.60. The first-order valence-electron chi connectivity index (χ1n) is 6.94. The Morgan fingerprint density at radius 2 is 2.11 bits per heavy atom. The molecule has 1 aliphatic carbocycles. The zero-order valence-corrected chi connectivity index (χ0v) is 11.1. The van der Waals surface area contributed by atoms with E-state index in [1.807, 2.05) is 12.1 Å². The fourth-order valence-electron chi connectivity index (χ4n) is 2.60.